The highest BCUT2D eigenvalue weighted by molar-refractivity contribution is 5.69. The number of pyridine rings is 1. The molecule has 1 aromatic rings. The van der Waals surface area contributed by atoms with Crippen LogP contribution in [-0.4, -0.2) is 130 Å². The van der Waals surface area contributed by atoms with E-state index in [0.717, 1.165) is 11.3 Å². The summed E-state index contributed by atoms with van der Waals surface area (Å²) in [5.41, 5.74) is 2.00. The summed E-state index contributed by atoms with van der Waals surface area (Å²) in [6, 6.07) is 3.93. The SMILES string of the molecule is Cc1ccnc(CN2CCN(CC(=O)O)CCN(CC(=O)O)CCN(CC(=O)O)CC2)c1. The largest absolute Gasteiger partial charge is 0.480 e. The number of aliphatic carboxylic acids is 3. The summed E-state index contributed by atoms with van der Waals surface area (Å²) in [5, 5.41) is 27.8. The van der Waals surface area contributed by atoms with Gasteiger partial charge in [-0.3, -0.25) is 39.0 Å². The quantitative estimate of drug-likeness (QED) is 0.465. The van der Waals surface area contributed by atoms with Crippen molar-refractivity contribution in [3.05, 3.63) is 29.6 Å². The van der Waals surface area contributed by atoms with Crippen LogP contribution in [0.3, 0.4) is 0 Å². The molecule has 11 nitrogen and oxygen atoms in total. The predicted molar refractivity (Wildman–Crippen MR) is 116 cm³/mol. The molecule has 0 aliphatic carbocycles. The molecule has 11 heteroatoms. The lowest BCUT2D eigenvalue weighted by molar-refractivity contribution is -0.140. The van der Waals surface area contributed by atoms with Crippen LogP contribution in [0.1, 0.15) is 11.3 Å². The van der Waals surface area contributed by atoms with Crippen LogP contribution in [0.5, 0.6) is 0 Å². The van der Waals surface area contributed by atoms with Crippen LogP contribution in [0.25, 0.3) is 0 Å². The Balaban J connectivity index is 2.16. The van der Waals surface area contributed by atoms with Crippen LogP contribution < -0.4 is 0 Å². The molecule has 0 spiro atoms. The van der Waals surface area contributed by atoms with Crippen molar-refractivity contribution in [2.75, 3.05) is 72.0 Å². The van der Waals surface area contributed by atoms with E-state index in [0.29, 0.717) is 58.9 Å². The van der Waals surface area contributed by atoms with Crippen LogP contribution >= 0.6 is 0 Å². The number of aryl methyl sites for hydroxylation is 1. The minimum absolute atomic E-state index is 0.122. The van der Waals surface area contributed by atoms with Crippen LogP contribution in [0.15, 0.2) is 18.3 Å². The van der Waals surface area contributed by atoms with Gasteiger partial charge in [-0.1, -0.05) is 0 Å². The number of aromatic nitrogens is 1. The maximum atomic E-state index is 11.3. The number of carboxylic acid groups (broad SMARTS) is 3. The summed E-state index contributed by atoms with van der Waals surface area (Å²) in [7, 11) is 0. The fourth-order valence-electron chi connectivity index (χ4n) is 3.70. The van der Waals surface area contributed by atoms with E-state index in [9.17, 15) is 29.7 Å². The molecule has 0 radical (unpaired) electrons. The van der Waals surface area contributed by atoms with E-state index in [1.807, 2.05) is 28.9 Å². The van der Waals surface area contributed by atoms with Crippen molar-refractivity contribution < 1.29 is 29.7 Å². The molecule has 2 rings (SSSR count). The monoisotopic (exact) mass is 451 g/mol. The lowest BCUT2D eigenvalue weighted by atomic mass is 10.2. The molecule has 0 atom stereocenters. The van der Waals surface area contributed by atoms with Crippen molar-refractivity contribution >= 4 is 17.9 Å². The van der Waals surface area contributed by atoms with E-state index in [4.69, 9.17) is 0 Å². The third-order valence-electron chi connectivity index (χ3n) is 5.36. The molecule has 1 fully saturated rings. The summed E-state index contributed by atoms with van der Waals surface area (Å²) in [6.45, 7) is 5.92. The zero-order valence-corrected chi connectivity index (χ0v) is 18.5. The lowest BCUT2D eigenvalue weighted by Crippen LogP contribution is -2.48. The fourth-order valence-corrected chi connectivity index (χ4v) is 3.70. The molecule has 0 aromatic carbocycles. The van der Waals surface area contributed by atoms with Gasteiger partial charge in [0.1, 0.15) is 0 Å². The normalized spacial score (nSPS) is 18.5. The van der Waals surface area contributed by atoms with Crippen molar-refractivity contribution in [2.24, 2.45) is 0 Å². The van der Waals surface area contributed by atoms with Crippen molar-refractivity contribution in [3.8, 4) is 0 Å². The molecule has 3 N–H and O–H groups in total. The number of rotatable bonds is 8. The van der Waals surface area contributed by atoms with Gasteiger partial charge in [0.2, 0.25) is 0 Å². The first-order chi connectivity index (χ1) is 15.2. The second-order valence-electron chi connectivity index (χ2n) is 8.11. The van der Waals surface area contributed by atoms with E-state index in [1.54, 1.807) is 11.1 Å². The van der Waals surface area contributed by atoms with E-state index >= 15 is 0 Å². The number of hydrogen-bond acceptors (Lipinski definition) is 8. The van der Waals surface area contributed by atoms with Gasteiger partial charge in [-0.2, -0.15) is 0 Å². The standard InChI is InChI=1S/C21H33N5O6/c1-17-2-3-22-18(12-17)13-23-4-6-24(14-19(27)28)8-10-26(16-21(31)32)11-9-25(7-5-23)15-20(29)30/h2-3,12H,4-11,13-16H2,1H3,(H,27,28)(H,29,30)(H,31,32). The van der Waals surface area contributed by atoms with E-state index in [2.05, 4.69) is 9.88 Å². The summed E-state index contributed by atoms with van der Waals surface area (Å²) in [5.74, 6) is -2.83. The molecule has 32 heavy (non-hydrogen) atoms. The second kappa shape index (κ2) is 13.1. The fraction of sp³-hybridized carbons (Fsp3) is 0.619. The Morgan fingerprint density at radius 3 is 1.47 bits per heavy atom. The van der Waals surface area contributed by atoms with Crippen LogP contribution in [-0.2, 0) is 20.9 Å². The molecule has 1 aliphatic heterocycles. The molecule has 0 unspecified atom stereocenters. The minimum Gasteiger partial charge on any atom is -0.480 e. The van der Waals surface area contributed by atoms with Crippen molar-refractivity contribution in [2.45, 2.75) is 13.5 Å². The average molecular weight is 452 g/mol. The Bertz CT molecular complexity index is 745. The zero-order valence-electron chi connectivity index (χ0n) is 18.5. The van der Waals surface area contributed by atoms with E-state index in [-0.39, 0.29) is 19.6 Å². The molecule has 1 aromatic heterocycles. The predicted octanol–water partition coefficient (Wildman–Crippen LogP) is -0.635. The first kappa shape index (κ1) is 25.7. The smallest absolute Gasteiger partial charge is 0.317 e. The molecule has 1 aliphatic rings. The van der Waals surface area contributed by atoms with Crippen LogP contribution in [0.4, 0.5) is 0 Å². The number of hydrogen-bond donors (Lipinski definition) is 3. The molecule has 0 saturated carbocycles. The third kappa shape index (κ3) is 10.1. The molecular weight excluding hydrogens is 418 g/mol. The molecule has 0 amide bonds. The third-order valence-corrected chi connectivity index (χ3v) is 5.36. The number of carbonyl (C=O) groups is 3. The molecular formula is C21H33N5O6. The Morgan fingerprint density at radius 1 is 0.750 bits per heavy atom. The number of nitrogens with zero attached hydrogens (tertiary/aromatic N) is 5. The van der Waals surface area contributed by atoms with Crippen molar-refractivity contribution in [3.63, 3.8) is 0 Å². The van der Waals surface area contributed by atoms with Gasteiger partial charge in [-0.05, 0) is 24.6 Å². The highest BCUT2D eigenvalue weighted by atomic mass is 16.4. The molecule has 2 heterocycles. The maximum absolute atomic E-state index is 11.3. The van der Waals surface area contributed by atoms with E-state index in [1.165, 1.54) is 0 Å². The van der Waals surface area contributed by atoms with Gasteiger partial charge in [0.15, 0.2) is 0 Å². The van der Waals surface area contributed by atoms with E-state index < -0.39 is 17.9 Å². The van der Waals surface area contributed by atoms with Gasteiger partial charge in [-0.15, -0.1) is 0 Å². The maximum Gasteiger partial charge on any atom is 0.317 e. The van der Waals surface area contributed by atoms with Gasteiger partial charge in [-0.25, -0.2) is 0 Å². The van der Waals surface area contributed by atoms with Gasteiger partial charge < -0.3 is 15.3 Å². The highest BCUT2D eigenvalue weighted by Gasteiger charge is 2.20. The van der Waals surface area contributed by atoms with Crippen LogP contribution in [0, 0.1) is 6.92 Å². The summed E-state index contributed by atoms with van der Waals surface area (Å²) in [6.07, 6.45) is 1.76. The number of carboxylic acids is 3. The minimum atomic E-state index is -0.969. The highest BCUT2D eigenvalue weighted by Crippen LogP contribution is 2.07. The first-order valence-corrected chi connectivity index (χ1v) is 10.7. The van der Waals surface area contributed by atoms with Gasteiger partial charge in [0.25, 0.3) is 0 Å². The van der Waals surface area contributed by atoms with Crippen molar-refractivity contribution in [1.29, 1.82) is 0 Å². The Labute approximate surface area is 187 Å². The van der Waals surface area contributed by atoms with Crippen molar-refractivity contribution in [1.82, 2.24) is 24.6 Å². The second-order valence-corrected chi connectivity index (χ2v) is 8.11. The van der Waals surface area contributed by atoms with Gasteiger partial charge >= 0.3 is 17.9 Å². The van der Waals surface area contributed by atoms with Gasteiger partial charge in [0, 0.05) is 65.1 Å². The molecule has 0 bridgehead atoms. The first-order valence-electron chi connectivity index (χ1n) is 10.7. The topological polar surface area (TPSA) is 138 Å². The summed E-state index contributed by atoms with van der Waals surface area (Å²) in [4.78, 5) is 45.8. The van der Waals surface area contributed by atoms with Crippen LogP contribution in [0.2, 0.25) is 0 Å². The summed E-state index contributed by atoms with van der Waals surface area (Å²) >= 11 is 0. The molecule has 178 valence electrons. The lowest BCUT2D eigenvalue weighted by Gasteiger charge is -2.33. The Hall–Kier alpha value is -2.60. The molecule has 1 saturated heterocycles. The van der Waals surface area contributed by atoms with Gasteiger partial charge in [0.05, 0.1) is 25.3 Å². The Kier molecular flexibility index (Phi) is 10.5. The zero-order chi connectivity index (χ0) is 23.5. The Morgan fingerprint density at radius 2 is 1.12 bits per heavy atom. The average Bonchev–Trinajstić information content (AvgIpc) is 2.69. The summed E-state index contributed by atoms with van der Waals surface area (Å²) < 4.78 is 0.